The molecule has 0 saturated heterocycles. The van der Waals surface area contributed by atoms with Gasteiger partial charge >= 0.3 is 11.9 Å². The number of pyridine rings is 1. The second-order valence-corrected chi connectivity index (χ2v) is 8.26. The molecular formula is C30H23NO5. The lowest BCUT2D eigenvalue weighted by Crippen LogP contribution is -2.07. The van der Waals surface area contributed by atoms with Crippen molar-refractivity contribution in [3.8, 4) is 17.0 Å². The van der Waals surface area contributed by atoms with Crippen LogP contribution in [0.3, 0.4) is 0 Å². The Hall–Kier alpha value is -4.71. The van der Waals surface area contributed by atoms with E-state index in [2.05, 4.69) is 0 Å². The summed E-state index contributed by atoms with van der Waals surface area (Å²) in [5.74, 6) is -0.0661. The van der Waals surface area contributed by atoms with Crippen molar-refractivity contribution < 1.29 is 23.8 Å². The largest absolute Gasteiger partial charge is 0.497 e. The minimum absolute atomic E-state index is 0.0735. The molecule has 0 amide bonds. The van der Waals surface area contributed by atoms with E-state index in [0.717, 1.165) is 33.0 Å². The summed E-state index contributed by atoms with van der Waals surface area (Å²) in [6.07, 6.45) is 0. The molecule has 0 spiro atoms. The molecule has 6 heteroatoms. The van der Waals surface area contributed by atoms with E-state index < -0.39 is 11.9 Å². The third-order valence-corrected chi connectivity index (χ3v) is 6.02. The first-order valence-electron chi connectivity index (χ1n) is 11.4. The van der Waals surface area contributed by atoms with E-state index in [1.807, 2.05) is 60.7 Å². The molecule has 0 aliphatic carbocycles. The average molecular weight is 478 g/mol. The van der Waals surface area contributed by atoms with E-state index in [9.17, 15) is 9.59 Å². The van der Waals surface area contributed by atoms with Gasteiger partial charge in [-0.1, -0.05) is 48.5 Å². The van der Waals surface area contributed by atoms with Gasteiger partial charge in [-0.2, -0.15) is 0 Å². The van der Waals surface area contributed by atoms with Crippen molar-refractivity contribution in [1.29, 1.82) is 0 Å². The van der Waals surface area contributed by atoms with Crippen LogP contribution < -0.4 is 4.74 Å². The van der Waals surface area contributed by atoms with Crippen LogP contribution in [0.15, 0.2) is 91.0 Å². The van der Waals surface area contributed by atoms with Crippen molar-refractivity contribution in [3.63, 3.8) is 0 Å². The zero-order valence-corrected chi connectivity index (χ0v) is 19.9. The molecule has 1 heterocycles. The molecule has 36 heavy (non-hydrogen) atoms. The Morgan fingerprint density at radius 1 is 0.778 bits per heavy atom. The van der Waals surface area contributed by atoms with Crippen LogP contribution in [-0.2, 0) is 16.1 Å². The highest BCUT2D eigenvalue weighted by atomic mass is 16.5. The molecule has 0 unspecified atom stereocenters. The normalized spacial score (nSPS) is 10.8. The van der Waals surface area contributed by atoms with Gasteiger partial charge in [0.25, 0.3) is 0 Å². The van der Waals surface area contributed by atoms with E-state index in [-0.39, 0.29) is 6.61 Å². The first-order chi connectivity index (χ1) is 17.6. The second-order valence-electron chi connectivity index (χ2n) is 8.26. The van der Waals surface area contributed by atoms with Crippen molar-refractivity contribution in [2.75, 3.05) is 14.2 Å². The molecular weight excluding hydrogens is 454 g/mol. The van der Waals surface area contributed by atoms with Gasteiger partial charge in [0, 0.05) is 10.9 Å². The molecule has 0 radical (unpaired) electrons. The summed E-state index contributed by atoms with van der Waals surface area (Å²) in [5, 5.41) is 2.82. The maximum absolute atomic E-state index is 13.2. The van der Waals surface area contributed by atoms with Crippen LogP contribution in [0, 0.1) is 0 Å². The number of nitrogens with zero attached hydrogens (tertiary/aromatic N) is 1. The van der Waals surface area contributed by atoms with Gasteiger partial charge in [-0.3, -0.25) is 0 Å². The van der Waals surface area contributed by atoms with Crippen LogP contribution in [0.25, 0.3) is 32.9 Å². The molecule has 178 valence electrons. The van der Waals surface area contributed by atoms with E-state index in [4.69, 9.17) is 19.2 Å². The standard InChI is InChI=1S/C30H23NO5/c1-34-24-14-13-21-15-23(12-11-22(21)16-24)28-17-26(25-5-3-4-6-27(25)31-28)30(33)36-18-19-7-9-20(10-8-19)29(32)35-2/h3-17H,18H2,1-2H3. The highest BCUT2D eigenvalue weighted by Crippen LogP contribution is 2.29. The maximum Gasteiger partial charge on any atom is 0.339 e. The Labute approximate surface area is 208 Å². The summed E-state index contributed by atoms with van der Waals surface area (Å²) >= 11 is 0. The number of esters is 2. The summed E-state index contributed by atoms with van der Waals surface area (Å²) in [6, 6.07) is 28.0. The van der Waals surface area contributed by atoms with Gasteiger partial charge in [-0.05, 0) is 58.8 Å². The minimum Gasteiger partial charge on any atom is -0.497 e. The van der Waals surface area contributed by atoms with Crippen LogP contribution in [0.5, 0.6) is 5.75 Å². The number of carbonyl (C=O) groups is 2. The predicted octanol–water partition coefficient (Wildman–Crippen LogP) is 6.21. The minimum atomic E-state index is -0.447. The van der Waals surface area contributed by atoms with Gasteiger partial charge in [0.05, 0.1) is 36.6 Å². The Bertz CT molecular complexity index is 1590. The third-order valence-electron chi connectivity index (χ3n) is 6.02. The fourth-order valence-electron chi connectivity index (χ4n) is 4.08. The lowest BCUT2D eigenvalue weighted by molar-refractivity contribution is 0.0473. The number of rotatable bonds is 6. The molecule has 1 aromatic heterocycles. The number of para-hydroxylation sites is 1. The fraction of sp³-hybridized carbons (Fsp3) is 0.100. The van der Waals surface area contributed by atoms with E-state index in [1.165, 1.54) is 7.11 Å². The SMILES string of the molecule is COC(=O)c1ccc(COC(=O)c2cc(-c3ccc4cc(OC)ccc4c3)nc3ccccc23)cc1. The molecule has 4 aromatic carbocycles. The fourth-order valence-corrected chi connectivity index (χ4v) is 4.08. The van der Waals surface area contributed by atoms with Crippen molar-refractivity contribution in [1.82, 2.24) is 4.98 Å². The van der Waals surface area contributed by atoms with Gasteiger partial charge < -0.3 is 14.2 Å². The number of methoxy groups -OCH3 is 2. The highest BCUT2D eigenvalue weighted by molar-refractivity contribution is 6.05. The molecule has 0 fully saturated rings. The number of hydrogen-bond donors (Lipinski definition) is 0. The summed E-state index contributed by atoms with van der Waals surface area (Å²) < 4.78 is 15.7. The Balaban J connectivity index is 1.45. The Morgan fingerprint density at radius 3 is 2.31 bits per heavy atom. The number of ether oxygens (including phenoxy) is 3. The van der Waals surface area contributed by atoms with E-state index in [0.29, 0.717) is 22.3 Å². The van der Waals surface area contributed by atoms with E-state index >= 15 is 0 Å². The Morgan fingerprint density at radius 2 is 1.53 bits per heavy atom. The average Bonchev–Trinajstić information content (AvgIpc) is 2.94. The molecule has 5 aromatic rings. The van der Waals surface area contributed by atoms with Crippen LogP contribution in [0.2, 0.25) is 0 Å². The highest BCUT2D eigenvalue weighted by Gasteiger charge is 2.16. The smallest absolute Gasteiger partial charge is 0.339 e. The molecule has 0 aliphatic rings. The van der Waals surface area contributed by atoms with Gasteiger partial charge in [-0.15, -0.1) is 0 Å². The number of aromatic nitrogens is 1. The molecule has 0 aliphatic heterocycles. The molecule has 0 bridgehead atoms. The first kappa shape index (κ1) is 23.1. The third kappa shape index (κ3) is 4.61. The summed E-state index contributed by atoms with van der Waals surface area (Å²) in [5.41, 5.74) is 3.92. The summed E-state index contributed by atoms with van der Waals surface area (Å²) in [7, 11) is 2.98. The lowest BCUT2D eigenvalue weighted by atomic mass is 10.0. The summed E-state index contributed by atoms with van der Waals surface area (Å²) in [4.78, 5) is 29.6. The predicted molar refractivity (Wildman–Crippen MR) is 138 cm³/mol. The quantitative estimate of drug-likeness (QED) is 0.271. The number of hydrogen-bond acceptors (Lipinski definition) is 6. The van der Waals surface area contributed by atoms with Crippen molar-refractivity contribution in [3.05, 3.63) is 108 Å². The van der Waals surface area contributed by atoms with Crippen LogP contribution in [0.4, 0.5) is 0 Å². The van der Waals surface area contributed by atoms with Crippen LogP contribution >= 0.6 is 0 Å². The molecule has 0 N–H and O–H groups in total. The van der Waals surface area contributed by atoms with Crippen molar-refractivity contribution in [2.24, 2.45) is 0 Å². The molecule has 0 atom stereocenters. The topological polar surface area (TPSA) is 74.7 Å². The Kier molecular flexibility index (Phi) is 6.33. The molecule has 6 nitrogen and oxygen atoms in total. The van der Waals surface area contributed by atoms with Crippen molar-refractivity contribution in [2.45, 2.75) is 6.61 Å². The van der Waals surface area contributed by atoms with Gasteiger partial charge in [0.1, 0.15) is 12.4 Å². The molecule has 5 rings (SSSR count). The lowest BCUT2D eigenvalue weighted by Gasteiger charge is -2.11. The summed E-state index contributed by atoms with van der Waals surface area (Å²) in [6.45, 7) is 0.0735. The number of carbonyl (C=O) groups excluding carboxylic acids is 2. The van der Waals surface area contributed by atoms with Crippen molar-refractivity contribution >= 4 is 33.6 Å². The zero-order chi connectivity index (χ0) is 25.1. The van der Waals surface area contributed by atoms with Gasteiger partial charge in [0.2, 0.25) is 0 Å². The molecule has 0 saturated carbocycles. The second kappa shape index (κ2) is 9.88. The maximum atomic E-state index is 13.2. The number of benzene rings is 4. The van der Waals surface area contributed by atoms with E-state index in [1.54, 1.807) is 37.4 Å². The monoisotopic (exact) mass is 477 g/mol. The van der Waals surface area contributed by atoms with Gasteiger partial charge in [-0.25, -0.2) is 14.6 Å². The zero-order valence-electron chi connectivity index (χ0n) is 19.9. The van der Waals surface area contributed by atoms with Gasteiger partial charge in [0.15, 0.2) is 0 Å². The van der Waals surface area contributed by atoms with Crippen LogP contribution in [0.1, 0.15) is 26.3 Å². The van der Waals surface area contributed by atoms with Crippen LogP contribution in [-0.4, -0.2) is 31.1 Å². The first-order valence-corrected chi connectivity index (χ1v) is 11.4. The number of fused-ring (bicyclic) bond motifs is 2.